The molecule has 1 amide bonds. The van der Waals surface area contributed by atoms with Gasteiger partial charge in [0.1, 0.15) is 6.10 Å². The Labute approximate surface area is 119 Å². The number of aliphatic hydroxyl groups excluding tert-OH is 1. The van der Waals surface area contributed by atoms with Gasteiger partial charge in [-0.2, -0.15) is 0 Å². The Balaban J connectivity index is 1.97. The maximum Gasteiger partial charge on any atom is 0.292 e. The normalized spacial score (nSPS) is 27.4. The Bertz CT molecular complexity index is 540. The van der Waals surface area contributed by atoms with Crippen molar-refractivity contribution in [2.75, 3.05) is 6.54 Å². The number of thiazole rings is 1. The predicted molar refractivity (Wildman–Crippen MR) is 70.0 cm³/mol. The van der Waals surface area contributed by atoms with Gasteiger partial charge in [-0.15, -0.1) is 11.3 Å². The van der Waals surface area contributed by atoms with Crippen LogP contribution in [0.5, 0.6) is 0 Å². The summed E-state index contributed by atoms with van der Waals surface area (Å²) in [5.41, 5.74) is -0.412. The van der Waals surface area contributed by atoms with Crippen LogP contribution in [0.25, 0.3) is 0 Å². The van der Waals surface area contributed by atoms with Crippen molar-refractivity contribution in [2.45, 2.75) is 50.2 Å². The van der Waals surface area contributed by atoms with Gasteiger partial charge in [0.15, 0.2) is 5.01 Å². The first-order valence-corrected chi connectivity index (χ1v) is 7.55. The van der Waals surface area contributed by atoms with E-state index >= 15 is 0 Å². The molecule has 0 bridgehead atoms. The number of aromatic nitrogens is 1. The standard InChI is InChI=1S/C13H16F2N2O2S/c1-8-6-20-9(16-8)10(18)17-7-13(14,15)11(19)12(17)4-2-3-5-12/h6,11,19H,2-5,7H2,1H3. The van der Waals surface area contributed by atoms with Gasteiger partial charge in [-0.3, -0.25) is 4.79 Å². The topological polar surface area (TPSA) is 53.4 Å². The fraction of sp³-hybridized carbons (Fsp3) is 0.692. The van der Waals surface area contributed by atoms with Crippen molar-refractivity contribution in [3.8, 4) is 0 Å². The van der Waals surface area contributed by atoms with E-state index in [2.05, 4.69) is 4.98 Å². The molecule has 1 aliphatic carbocycles. The van der Waals surface area contributed by atoms with E-state index in [0.717, 1.165) is 24.2 Å². The zero-order valence-electron chi connectivity index (χ0n) is 11.1. The van der Waals surface area contributed by atoms with Gasteiger partial charge >= 0.3 is 0 Å². The molecule has 110 valence electrons. The van der Waals surface area contributed by atoms with Crippen molar-refractivity contribution in [1.29, 1.82) is 0 Å². The van der Waals surface area contributed by atoms with E-state index in [-0.39, 0.29) is 5.01 Å². The highest BCUT2D eigenvalue weighted by molar-refractivity contribution is 7.11. The number of nitrogens with zero attached hydrogens (tertiary/aromatic N) is 2. The molecule has 2 aliphatic rings. The largest absolute Gasteiger partial charge is 0.384 e. The first-order valence-electron chi connectivity index (χ1n) is 6.67. The lowest BCUT2D eigenvalue weighted by Gasteiger charge is -2.36. The maximum absolute atomic E-state index is 13.9. The van der Waals surface area contributed by atoms with Crippen LogP contribution in [0.4, 0.5) is 8.78 Å². The van der Waals surface area contributed by atoms with Gasteiger partial charge < -0.3 is 10.0 Å². The van der Waals surface area contributed by atoms with Gasteiger partial charge in [-0.25, -0.2) is 13.8 Å². The Hall–Kier alpha value is -1.08. The molecule has 4 nitrogen and oxygen atoms in total. The summed E-state index contributed by atoms with van der Waals surface area (Å²) in [5.74, 6) is -3.73. The van der Waals surface area contributed by atoms with Gasteiger partial charge in [0, 0.05) is 11.1 Å². The van der Waals surface area contributed by atoms with Crippen LogP contribution in [0.2, 0.25) is 0 Å². The summed E-state index contributed by atoms with van der Waals surface area (Å²) in [6.45, 7) is 1.04. The number of hydrogen-bond acceptors (Lipinski definition) is 4. The zero-order chi connectivity index (χ0) is 14.5. The van der Waals surface area contributed by atoms with Crippen LogP contribution < -0.4 is 0 Å². The molecule has 1 atom stereocenters. The van der Waals surface area contributed by atoms with Gasteiger partial charge in [0.2, 0.25) is 0 Å². The zero-order valence-corrected chi connectivity index (χ0v) is 11.9. The second-order valence-electron chi connectivity index (χ2n) is 5.66. The third-order valence-corrected chi connectivity index (χ3v) is 5.28. The number of likely N-dealkylation sites (tertiary alicyclic amines) is 1. The molecule has 1 N–H and O–H groups in total. The first kappa shape index (κ1) is 13.9. The van der Waals surface area contributed by atoms with Crippen molar-refractivity contribution in [2.24, 2.45) is 0 Å². The molecule has 2 heterocycles. The molecule has 1 aromatic heterocycles. The highest BCUT2D eigenvalue weighted by atomic mass is 32.1. The van der Waals surface area contributed by atoms with Crippen LogP contribution in [0, 0.1) is 6.92 Å². The van der Waals surface area contributed by atoms with Crippen LogP contribution in [0.1, 0.15) is 41.2 Å². The van der Waals surface area contributed by atoms with Crippen LogP contribution in [-0.4, -0.2) is 45.0 Å². The molecule has 1 spiro atoms. The molecule has 2 fully saturated rings. The van der Waals surface area contributed by atoms with Crippen LogP contribution in [0.15, 0.2) is 5.38 Å². The highest BCUT2D eigenvalue weighted by Gasteiger charge is 2.64. The van der Waals surface area contributed by atoms with Gasteiger partial charge in [-0.05, 0) is 19.8 Å². The van der Waals surface area contributed by atoms with Crippen molar-refractivity contribution >= 4 is 17.2 Å². The predicted octanol–water partition coefficient (Wildman–Crippen LogP) is 2.22. The van der Waals surface area contributed by atoms with Crippen molar-refractivity contribution in [3.05, 3.63) is 16.1 Å². The van der Waals surface area contributed by atoms with Crippen molar-refractivity contribution in [3.63, 3.8) is 0 Å². The summed E-state index contributed by atoms with van der Waals surface area (Å²) >= 11 is 1.16. The Morgan fingerprint density at radius 2 is 2.15 bits per heavy atom. The quantitative estimate of drug-likeness (QED) is 0.865. The number of amides is 1. The Morgan fingerprint density at radius 1 is 1.50 bits per heavy atom. The minimum absolute atomic E-state index is 0.221. The van der Waals surface area contributed by atoms with E-state index in [1.165, 1.54) is 4.90 Å². The summed E-state index contributed by atoms with van der Waals surface area (Å²) in [5, 5.41) is 12.0. The molecule has 0 aromatic carbocycles. The van der Waals surface area contributed by atoms with Crippen LogP contribution >= 0.6 is 11.3 Å². The highest BCUT2D eigenvalue weighted by Crippen LogP contribution is 2.49. The third kappa shape index (κ3) is 1.87. The SMILES string of the molecule is Cc1csc(C(=O)N2CC(F)(F)C(O)C23CCCC3)n1. The number of halogens is 2. The van der Waals surface area contributed by atoms with Crippen LogP contribution in [0.3, 0.4) is 0 Å². The third-order valence-electron chi connectivity index (χ3n) is 4.33. The smallest absolute Gasteiger partial charge is 0.292 e. The molecule has 1 aromatic rings. The molecular weight excluding hydrogens is 286 g/mol. The molecule has 7 heteroatoms. The van der Waals surface area contributed by atoms with Gasteiger partial charge in [0.25, 0.3) is 11.8 Å². The molecule has 1 saturated heterocycles. The summed E-state index contributed by atoms with van der Waals surface area (Å²) in [6, 6.07) is 0. The number of aryl methyl sites for hydroxylation is 1. The number of rotatable bonds is 1. The number of hydrogen-bond donors (Lipinski definition) is 1. The first-order chi connectivity index (χ1) is 9.37. The Kier molecular flexibility index (Phi) is 3.10. The summed E-state index contributed by atoms with van der Waals surface area (Å²) < 4.78 is 27.8. The van der Waals surface area contributed by atoms with Crippen molar-refractivity contribution < 1.29 is 18.7 Å². The lowest BCUT2D eigenvalue weighted by molar-refractivity contribution is -0.0959. The fourth-order valence-electron chi connectivity index (χ4n) is 3.37. The maximum atomic E-state index is 13.9. The van der Waals surface area contributed by atoms with E-state index in [4.69, 9.17) is 0 Å². The Morgan fingerprint density at radius 3 is 2.70 bits per heavy atom. The van der Waals surface area contributed by atoms with E-state index in [1.807, 2.05) is 0 Å². The van der Waals surface area contributed by atoms with E-state index < -0.39 is 30.0 Å². The molecule has 1 aliphatic heterocycles. The lowest BCUT2D eigenvalue weighted by atomic mass is 9.90. The van der Waals surface area contributed by atoms with Crippen molar-refractivity contribution in [1.82, 2.24) is 9.88 Å². The number of carbonyl (C=O) groups is 1. The van der Waals surface area contributed by atoms with E-state index in [0.29, 0.717) is 18.5 Å². The average molecular weight is 302 g/mol. The van der Waals surface area contributed by atoms with Gasteiger partial charge in [-0.1, -0.05) is 12.8 Å². The summed E-state index contributed by atoms with van der Waals surface area (Å²) in [7, 11) is 0. The van der Waals surface area contributed by atoms with Gasteiger partial charge in [0.05, 0.1) is 12.1 Å². The lowest BCUT2D eigenvalue weighted by Crippen LogP contribution is -2.51. The summed E-state index contributed by atoms with van der Waals surface area (Å²) in [6.07, 6.45) is 0.601. The number of alkyl halides is 2. The minimum atomic E-state index is -3.24. The minimum Gasteiger partial charge on any atom is -0.384 e. The number of aliphatic hydroxyl groups is 1. The van der Waals surface area contributed by atoms with E-state index in [1.54, 1.807) is 12.3 Å². The fourth-order valence-corrected chi connectivity index (χ4v) is 4.11. The monoisotopic (exact) mass is 302 g/mol. The molecule has 1 saturated carbocycles. The van der Waals surface area contributed by atoms with E-state index in [9.17, 15) is 18.7 Å². The van der Waals surface area contributed by atoms with Crippen LogP contribution in [-0.2, 0) is 0 Å². The number of carbonyl (C=O) groups excluding carboxylic acids is 1. The summed E-state index contributed by atoms with van der Waals surface area (Å²) in [4.78, 5) is 17.7. The molecule has 0 radical (unpaired) electrons. The molecular formula is C13H16F2N2O2S. The average Bonchev–Trinajstić information content (AvgIpc) is 3.07. The molecule has 3 rings (SSSR count). The molecule has 1 unspecified atom stereocenters. The molecule has 20 heavy (non-hydrogen) atoms. The second-order valence-corrected chi connectivity index (χ2v) is 6.52. The second kappa shape index (κ2) is 4.46.